The van der Waals surface area contributed by atoms with Crippen LogP contribution in [0.15, 0.2) is 57.7 Å². The van der Waals surface area contributed by atoms with E-state index in [1.807, 2.05) is 12.1 Å². The summed E-state index contributed by atoms with van der Waals surface area (Å²) in [4.78, 5) is 57.6. The molecule has 3 amide bonds. The predicted molar refractivity (Wildman–Crippen MR) is 149 cm³/mol. The first-order valence-corrected chi connectivity index (χ1v) is 13.6. The molecule has 2 saturated heterocycles. The summed E-state index contributed by atoms with van der Waals surface area (Å²) < 4.78 is 0. The SMILES string of the molecule is Nc1ccc(CN2CCC(=CC3=C(C(=O)O)N4C(=O)[C@@H](NC(=O)C(=NO)c5csc(N)n5)[C@H]4SC3)C2=O)cc1.[Na]. The van der Waals surface area contributed by atoms with Gasteiger partial charge in [-0.1, -0.05) is 17.3 Å². The van der Waals surface area contributed by atoms with Gasteiger partial charge in [0.1, 0.15) is 22.8 Å². The minimum atomic E-state index is -1.31. The number of rotatable bonds is 7. The van der Waals surface area contributed by atoms with Gasteiger partial charge in [-0.3, -0.25) is 19.3 Å². The molecule has 0 bridgehead atoms. The molecular formula is C24H23N7NaO6S2. The van der Waals surface area contributed by atoms with E-state index in [9.17, 15) is 29.5 Å². The smallest absolute Gasteiger partial charge is 0.352 e. The Morgan fingerprint density at radius 3 is 2.58 bits per heavy atom. The van der Waals surface area contributed by atoms with Gasteiger partial charge < -0.3 is 32.0 Å². The van der Waals surface area contributed by atoms with E-state index < -0.39 is 34.9 Å². The second kappa shape index (κ2) is 12.0. The van der Waals surface area contributed by atoms with Gasteiger partial charge >= 0.3 is 5.97 Å². The van der Waals surface area contributed by atoms with E-state index in [-0.39, 0.29) is 57.7 Å². The molecule has 3 aliphatic rings. The Hall–Kier alpha value is -3.37. The zero-order valence-corrected chi connectivity index (χ0v) is 24.9. The monoisotopic (exact) mass is 592 g/mol. The van der Waals surface area contributed by atoms with Crippen molar-refractivity contribution in [3.63, 3.8) is 0 Å². The van der Waals surface area contributed by atoms with Crippen molar-refractivity contribution in [3.8, 4) is 0 Å². The quantitative estimate of drug-likeness (QED) is 0.0562. The van der Waals surface area contributed by atoms with Crippen LogP contribution in [0, 0.1) is 0 Å². The van der Waals surface area contributed by atoms with Gasteiger partial charge in [-0.2, -0.15) is 0 Å². The molecule has 2 aromatic rings. The van der Waals surface area contributed by atoms with E-state index in [1.165, 1.54) is 17.1 Å². The van der Waals surface area contributed by atoms with Gasteiger partial charge in [0.2, 0.25) is 5.91 Å². The van der Waals surface area contributed by atoms with Crippen LogP contribution in [0.2, 0.25) is 0 Å². The largest absolute Gasteiger partial charge is 0.477 e. The fraction of sp³-hybridized carbons (Fsp3) is 0.250. The number of benzene rings is 1. The van der Waals surface area contributed by atoms with Crippen molar-refractivity contribution in [1.29, 1.82) is 0 Å². The van der Waals surface area contributed by atoms with Crippen LogP contribution in [0.5, 0.6) is 0 Å². The molecule has 2 fully saturated rings. The van der Waals surface area contributed by atoms with Gasteiger partial charge in [-0.05, 0) is 35.8 Å². The Morgan fingerprint density at radius 1 is 1.23 bits per heavy atom. The minimum absolute atomic E-state index is 0. The number of aliphatic carboxylic acids is 1. The molecule has 4 heterocycles. The zero-order chi connectivity index (χ0) is 27.8. The third kappa shape index (κ3) is 5.60. The van der Waals surface area contributed by atoms with Gasteiger partial charge in [-0.15, -0.1) is 23.1 Å². The number of hydrogen-bond donors (Lipinski definition) is 5. The molecule has 2 atom stereocenters. The van der Waals surface area contributed by atoms with Crippen LogP contribution in [0.4, 0.5) is 10.8 Å². The Balaban J connectivity index is 0.00000370. The molecule has 40 heavy (non-hydrogen) atoms. The second-order valence-corrected chi connectivity index (χ2v) is 10.9. The number of likely N-dealkylation sites (tertiary alicyclic amines) is 1. The number of nitrogen functional groups attached to an aromatic ring is 2. The number of oxime groups is 1. The molecule has 7 N–H and O–H groups in total. The third-order valence-electron chi connectivity index (χ3n) is 6.48. The van der Waals surface area contributed by atoms with Gasteiger partial charge in [0, 0.05) is 65.0 Å². The van der Waals surface area contributed by atoms with Crippen molar-refractivity contribution in [2.45, 2.75) is 24.4 Å². The van der Waals surface area contributed by atoms with Crippen molar-refractivity contribution in [2.75, 3.05) is 23.8 Å². The molecule has 0 saturated carbocycles. The molecule has 5 rings (SSSR count). The molecule has 1 aromatic heterocycles. The number of amides is 3. The van der Waals surface area contributed by atoms with Gasteiger partial charge in [0.15, 0.2) is 10.8 Å². The number of β-lactam (4-membered cyclic amide) rings is 1. The summed E-state index contributed by atoms with van der Waals surface area (Å²) in [5.41, 5.74) is 13.0. The number of fused-ring (bicyclic) bond motifs is 1. The number of thiazole rings is 1. The molecule has 0 aliphatic carbocycles. The Kier molecular flexibility index (Phi) is 8.90. The number of aromatic nitrogens is 1. The van der Waals surface area contributed by atoms with Gasteiger partial charge in [0.05, 0.1) is 0 Å². The second-order valence-electron chi connectivity index (χ2n) is 8.95. The van der Waals surface area contributed by atoms with Gasteiger partial charge in [-0.25, -0.2) is 9.78 Å². The number of carbonyl (C=O) groups is 4. The summed E-state index contributed by atoms with van der Waals surface area (Å²) in [5, 5.41) is 25.6. The van der Waals surface area contributed by atoms with Crippen LogP contribution in [0.1, 0.15) is 17.7 Å². The Morgan fingerprint density at radius 2 is 1.95 bits per heavy atom. The standard InChI is InChI=1S/C24H23N7O6S2.Na/c25-14-3-1-11(2-4-14)8-30-6-5-12(20(30)33)7-13-9-38-22-17(21(34)31(22)18(13)23(35)36)28-19(32)16(29-37)15-10-39-24(26)27-15;/h1-4,7,10,17,22,37H,5-6,8-9,25H2,(H2,26,27)(H,28,32)(H,35,36);/t17-,22-;/m1./s1. The van der Waals surface area contributed by atoms with Crippen LogP contribution in [0.25, 0.3) is 0 Å². The van der Waals surface area contributed by atoms with E-state index in [0.29, 0.717) is 36.3 Å². The molecule has 16 heteroatoms. The fourth-order valence-electron chi connectivity index (χ4n) is 4.58. The van der Waals surface area contributed by atoms with E-state index in [0.717, 1.165) is 21.8 Å². The maximum Gasteiger partial charge on any atom is 0.352 e. The maximum absolute atomic E-state index is 13.0. The summed E-state index contributed by atoms with van der Waals surface area (Å²) in [6, 6.07) is 6.18. The number of anilines is 2. The molecule has 1 radical (unpaired) electrons. The normalized spacial score (nSPS) is 21.7. The summed E-state index contributed by atoms with van der Waals surface area (Å²) in [6.07, 6.45) is 2.00. The van der Waals surface area contributed by atoms with E-state index in [2.05, 4.69) is 15.5 Å². The zero-order valence-electron chi connectivity index (χ0n) is 21.2. The Labute approximate surface area is 258 Å². The molecule has 203 valence electrons. The van der Waals surface area contributed by atoms with Crippen LogP contribution in [-0.4, -0.2) is 108 Å². The van der Waals surface area contributed by atoms with Gasteiger partial charge in [0.25, 0.3) is 11.8 Å². The fourth-order valence-corrected chi connectivity index (χ4v) is 6.43. The third-order valence-corrected chi connectivity index (χ3v) is 8.46. The number of nitrogens with two attached hydrogens (primary N) is 2. The van der Waals surface area contributed by atoms with Crippen molar-refractivity contribution >= 4 is 92.9 Å². The summed E-state index contributed by atoms with van der Waals surface area (Å²) >= 11 is 2.30. The number of nitrogens with one attached hydrogen (secondary N) is 1. The summed E-state index contributed by atoms with van der Waals surface area (Å²) in [6.45, 7) is 0.882. The number of carboxylic acid groups (broad SMARTS) is 1. The van der Waals surface area contributed by atoms with E-state index in [1.54, 1.807) is 23.1 Å². The van der Waals surface area contributed by atoms with E-state index >= 15 is 0 Å². The van der Waals surface area contributed by atoms with E-state index in [4.69, 9.17) is 11.5 Å². The first kappa shape index (κ1) is 29.6. The summed E-state index contributed by atoms with van der Waals surface area (Å²) in [5.74, 6) is -2.79. The Bertz CT molecular complexity index is 1470. The number of carbonyl (C=O) groups excluding carboxylic acids is 3. The molecule has 1 aromatic carbocycles. The van der Waals surface area contributed by atoms with Crippen LogP contribution in [0.3, 0.4) is 0 Å². The molecule has 3 aliphatic heterocycles. The van der Waals surface area contributed by atoms with Crippen LogP contribution < -0.4 is 16.8 Å². The molecule has 13 nitrogen and oxygen atoms in total. The number of allylic oxidation sites excluding steroid dienone is 1. The number of nitrogens with zero attached hydrogens (tertiary/aromatic N) is 4. The predicted octanol–water partition coefficient (Wildman–Crippen LogP) is 0.203. The number of carboxylic acids is 1. The number of hydrogen-bond acceptors (Lipinski definition) is 11. The molecule has 0 spiro atoms. The molecule has 0 unspecified atom stereocenters. The van der Waals surface area contributed by atoms with Crippen LogP contribution >= 0.6 is 23.1 Å². The molecular weight excluding hydrogens is 569 g/mol. The van der Waals surface area contributed by atoms with Crippen molar-refractivity contribution in [3.05, 3.63) is 63.8 Å². The first-order valence-electron chi connectivity index (χ1n) is 11.7. The maximum atomic E-state index is 13.0. The topological polar surface area (TPSA) is 205 Å². The van der Waals surface area contributed by atoms with Crippen LogP contribution in [-0.2, 0) is 25.7 Å². The number of thioether (sulfide) groups is 1. The first-order chi connectivity index (χ1) is 18.7. The summed E-state index contributed by atoms with van der Waals surface area (Å²) in [7, 11) is 0. The van der Waals surface area contributed by atoms with Crippen molar-refractivity contribution in [1.82, 2.24) is 20.1 Å². The average Bonchev–Trinajstić information content (AvgIpc) is 3.49. The van der Waals surface area contributed by atoms with Crippen molar-refractivity contribution in [2.24, 2.45) is 5.16 Å². The average molecular weight is 593 g/mol. The van der Waals surface area contributed by atoms with Crippen molar-refractivity contribution < 1.29 is 29.5 Å². The minimum Gasteiger partial charge on any atom is -0.477 e.